The SMILES string of the molecule is C=C(CC)NCCCCC(=C)NC(C(=O)NCC(=O)Nc1ccc(COC(=O)C(C)C)cc1)C(C)C.C=C(N)NCCC.CC.CC. The number of amides is 2. The second kappa shape index (κ2) is 30.7. The van der Waals surface area contributed by atoms with Gasteiger partial charge in [-0.3, -0.25) is 14.4 Å². The number of esters is 1. The van der Waals surface area contributed by atoms with Gasteiger partial charge in [0.25, 0.3) is 0 Å². The highest BCUT2D eigenvalue weighted by atomic mass is 16.5. The molecule has 0 aliphatic carbocycles. The van der Waals surface area contributed by atoms with Crippen molar-refractivity contribution in [2.45, 2.75) is 114 Å². The predicted molar refractivity (Wildman–Crippen MR) is 199 cm³/mol. The van der Waals surface area contributed by atoms with Crippen LogP contribution in [0.5, 0.6) is 0 Å². The lowest BCUT2D eigenvalue weighted by Gasteiger charge is -2.24. The van der Waals surface area contributed by atoms with Gasteiger partial charge in [0.05, 0.1) is 18.3 Å². The summed E-state index contributed by atoms with van der Waals surface area (Å²) in [6.45, 7) is 32.9. The zero-order chi connectivity index (χ0) is 36.8. The second-order valence-electron chi connectivity index (χ2n) is 11.0. The van der Waals surface area contributed by atoms with Crippen LogP contribution in [0.15, 0.2) is 61.2 Å². The van der Waals surface area contributed by atoms with Crippen LogP contribution in [0.4, 0.5) is 5.69 Å². The van der Waals surface area contributed by atoms with Gasteiger partial charge < -0.3 is 37.1 Å². The van der Waals surface area contributed by atoms with E-state index in [1.54, 1.807) is 38.1 Å². The first kappa shape index (κ1) is 47.5. The Bertz CT molecular complexity index is 1020. The number of ether oxygens (including phenoxy) is 1. The summed E-state index contributed by atoms with van der Waals surface area (Å²) in [5.41, 5.74) is 8.43. The molecule has 0 saturated carbocycles. The zero-order valence-electron chi connectivity index (χ0n) is 31.2. The molecule has 0 heterocycles. The molecular formula is C37H68N6O4. The Hall–Kier alpha value is -3.95. The van der Waals surface area contributed by atoms with Crippen molar-refractivity contribution in [2.24, 2.45) is 17.6 Å². The molecule has 0 aliphatic heterocycles. The molecule has 2 amide bonds. The summed E-state index contributed by atoms with van der Waals surface area (Å²) in [7, 11) is 0. The first-order valence-corrected chi connectivity index (χ1v) is 17.2. The lowest BCUT2D eigenvalue weighted by atomic mass is 10.0. The molecule has 0 aliphatic rings. The summed E-state index contributed by atoms with van der Waals surface area (Å²) in [6, 6.07) is 6.55. The number of benzene rings is 1. The Morgan fingerprint density at radius 3 is 1.89 bits per heavy atom. The second-order valence-corrected chi connectivity index (χ2v) is 11.0. The molecule has 0 radical (unpaired) electrons. The van der Waals surface area contributed by atoms with Crippen molar-refractivity contribution in [3.05, 3.63) is 66.8 Å². The van der Waals surface area contributed by atoms with Crippen LogP contribution in [-0.4, -0.2) is 43.5 Å². The molecule has 0 saturated heterocycles. The molecular weight excluding hydrogens is 592 g/mol. The fourth-order valence-corrected chi connectivity index (χ4v) is 3.45. The fraction of sp³-hybridized carbons (Fsp3) is 0.595. The van der Waals surface area contributed by atoms with Crippen LogP contribution in [0.1, 0.15) is 107 Å². The normalized spacial score (nSPS) is 10.3. The van der Waals surface area contributed by atoms with E-state index in [1.165, 1.54) is 0 Å². The standard InChI is InChI=1S/C28H44N4O4.C5H12N2.2C2H6/c1-8-21(6)29-16-10-9-11-22(7)31-26(19(2)3)27(34)30-17-25(33)32-24-14-12-23(13-15-24)18-36-28(35)20(4)5;1-3-4-7-5(2)6;2*1-2/h12-15,19-20,26,29,31H,6-11,16-18H2,1-5H3,(H,30,34)(H,32,33);7H,2-4,6H2,1H3;2*1-2H3. The van der Waals surface area contributed by atoms with Gasteiger partial charge in [-0.25, -0.2) is 0 Å². The molecule has 0 spiro atoms. The van der Waals surface area contributed by atoms with Gasteiger partial charge in [-0.1, -0.05) is 101 Å². The predicted octanol–water partition coefficient (Wildman–Crippen LogP) is 6.72. The topological polar surface area (TPSA) is 147 Å². The van der Waals surface area contributed by atoms with Crippen LogP contribution in [-0.2, 0) is 25.7 Å². The molecule has 1 rings (SSSR count). The number of nitrogens with two attached hydrogens (primary N) is 1. The van der Waals surface area contributed by atoms with Crippen molar-refractivity contribution < 1.29 is 19.1 Å². The van der Waals surface area contributed by atoms with Crippen molar-refractivity contribution in [1.82, 2.24) is 21.3 Å². The first-order chi connectivity index (χ1) is 22.3. The van der Waals surface area contributed by atoms with Crippen LogP contribution in [0.2, 0.25) is 0 Å². The molecule has 7 N–H and O–H groups in total. The quantitative estimate of drug-likeness (QED) is 0.0668. The van der Waals surface area contributed by atoms with E-state index < -0.39 is 6.04 Å². The average Bonchev–Trinajstić information content (AvgIpc) is 3.06. The van der Waals surface area contributed by atoms with Crippen LogP contribution >= 0.6 is 0 Å². The number of allylic oxidation sites excluding steroid dienone is 2. The summed E-state index contributed by atoms with van der Waals surface area (Å²) in [5.74, 6) is -0.429. The molecule has 1 unspecified atom stereocenters. The summed E-state index contributed by atoms with van der Waals surface area (Å²) < 4.78 is 5.20. The number of carbonyl (C=O) groups excluding carboxylic acids is 3. The molecule has 10 nitrogen and oxygen atoms in total. The third kappa shape index (κ3) is 26.9. The van der Waals surface area contributed by atoms with Gasteiger partial charge in [0.15, 0.2) is 0 Å². The van der Waals surface area contributed by atoms with E-state index in [-0.39, 0.29) is 42.8 Å². The Kier molecular flexibility index (Phi) is 31.0. The maximum absolute atomic E-state index is 12.7. The van der Waals surface area contributed by atoms with Crippen molar-refractivity contribution in [3.8, 4) is 0 Å². The number of carbonyl (C=O) groups is 3. The highest BCUT2D eigenvalue weighted by molar-refractivity contribution is 5.95. The van der Waals surface area contributed by atoms with Crippen molar-refractivity contribution >= 4 is 23.5 Å². The molecule has 270 valence electrons. The molecule has 1 aromatic carbocycles. The maximum Gasteiger partial charge on any atom is 0.308 e. The lowest BCUT2D eigenvalue weighted by Crippen LogP contribution is -2.48. The van der Waals surface area contributed by atoms with Gasteiger partial charge in [-0.05, 0) is 55.7 Å². The monoisotopic (exact) mass is 661 g/mol. The number of hydrogen-bond donors (Lipinski definition) is 6. The van der Waals surface area contributed by atoms with E-state index >= 15 is 0 Å². The fourth-order valence-electron chi connectivity index (χ4n) is 3.45. The molecule has 47 heavy (non-hydrogen) atoms. The average molecular weight is 661 g/mol. The summed E-state index contributed by atoms with van der Waals surface area (Å²) >= 11 is 0. The van der Waals surface area contributed by atoms with Gasteiger partial charge in [0, 0.05) is 30.2 Å². The summed E-state index contributed by atoms with van der Waals surface area (Å²) in [5, 5.41) is 14.8. The number of nitrogens with one attached hydrogen (secondary N) is 5. The molecule has 10 heteroatoms. The number of anilines is 1. The van der Waals surface area contributed by atoms with Gasteiger partial charge in [0.1, 0.15) is 12.6 Å². The van der Waals surface area contributed by atoms with Crippen molar-refractivity contribution in [3.63, 3.8) is 0 Å². The minimum absolute atomic E-state index is 0.0247. The molecule has 1 aromatic rings. The maximum atomic E-state index is 12.7. The Morgan fingerprint density at radius 1 is 0.830 bits per heavy atom. The van der Waals surface area contributed by atoms with E-state index in [2.05, 4.69) is 60.2 Å². The van der Waals surface area contributed by atoms with E-state index in [4.69, 9.17) is 10.5 Å². The van der Waals surface area contributed by atoms with E-state index in [0.717, 1.165) is 62.2 Å². The first-order valence-electron chi connectivity index (χ1n) is 17.2. The van der Waals surface area contributed by atoms with Crippen LogP contribution in [0.25, 0.3) is 0 Å². The highest BCUT2D eigenvalue weighted by Crippen LogP contribution is 2.12. The van der Waals surface area contributed by atoms with E-state index in [0.29, 0.717) is 11.5 Å². The zero-order valence-corrected chi connectivity index (χ0v) is 31.2. The summed E-state index contributed by atoms with van der Waals surface area (Å²) in [6.07, 6.45) is 4.72. The number of unbranched alkanes of at least 4 members (excludes halogenated alkanes) is 1. The Balaban J connectivity index is -0.00000153. The summed E-state index contributed by atoms with van der Waals surface area (Å²) in [4.78, 5) is 36.6. The van der Waals surface area contributed by atoms with E-state index in [9.17, 15) is 14.4 Å². The van der Waals surface area contributed by atoms with Gasteiger partial charge in [-0.15, -0.1) is 0 Å². The molecule has 0 fully saturated rings. The highest BCUT2D eigenvalue weighted by Gasteiger charge is 2.22. The third-order valence-electron chi connectivity index (χ3n) is 6.13. The number of hydrogen-bond acceptors (Lipinski definition) is 8. The van der Waals surface area contributed by atoms with Crippen molar-refractivity contribution in [2.75, 3.05) is 25.0 Å². The minimum atomic E-state index is -0.476. The Labute approximate surface area is 286 Å². The van der Waals surface area contributed by atoms with Crippen LogP contribution in [0, 0.1) is 11.8 Å². The van der Waals surface area contributed by atoms with Crippen LogP contribution < -0.4 is 32.3 Å². The lowest BCUT2D eigenvalue weighted by molar-refractivity contribution is -0.148. The molecule has 0 bridgehead atoms. The van der Waals surface area contributed by atoms with Gasteiger partial charge in [0.2, 0.25) is 11.8 Å². The third-order valence-corrected chi connectivity index (χ3v) is 6.13. The van der Waals surface area contributed by atoms with Crippen molar-refractivity contribution in [1.29, 1.82) is 0 Å². The smallest absolute Gasteiger partial charge is 0.308 e. The Morgan fingerprint density at radius 2 is 1.43 bits per heavy atom. The van der Waals surface area contributed by atoms with E-state index in [1.807, 2.05) is 41.5 Å². The minimum Gasteiger partial charge on any atom is -0.461 e. The van der Waals surface area contributed by atoms with Crippen LogP contribution in [0.3, 0.4) is 0 Å². The molecule has 1 atom stereocenters. The number of rotatable bonds is 20. The van der Waals surface area contributed by atoms with Gasteiger partial charge >= 0.3 is 5.97 Å². The largest absolute Gasteiger partial charge is 0.461 e. The van der Waals surface area contributed by atoms with Gasteiger partial charge in [-0.2, -0.15) is 0 Å². The molecule has 0 aromatic heterocycles.